The lowest BCUT2D eigenvalue weighted by molar-refractivity contribution is 0.315. The summed E-state index contributed by atoms with van der Waals surface area (Å²) in [6.45, 7) is 2.00. The molecule has 0 aromatic carbocycles. The highest BCUT2D eigenvalue weighted by Gasteiger charge is 2.18. The number of rotatable bonds is 3. The average molecular weight is 219 g/mol. The quantitative estimate of drug-likeness (QED) is 0.850. The first-order chi connectivity index (χ1) is 7.75. The molecule has 2 N–H and O–H groups in total. The fraction of sp³-hybridized carbons (Fsp3) is 0.692. The zero-order valence-corrected chi connectivity index (χ0v) is 10.0. The zero-order valence-electron chi connectivity index (χ0n) is 10.0. The Morgan fingerprint density at radius 1 is 1.25 bits per heavy atom. The molecule has 1 unspecified atom stereocenters. The number of hydrogen-bond acceptors (Lipinski definition) is 3. The van der Waals surface area contributed by atoms with Gasteiger partial charge in [0.05, 0.1) is 6.04 Å². The van der Waals surface area contributed by atoms with Crippen molar-refractivity contribution in [2.45, 2.75) is 51.5 Å². The summed E-state index contributed by atoms with van der Waals surface area (Å²) in [6.07, 6.45) is 11.5. The largest absolute Gasteiger partial charge is 0.321 e. The van der Waals surface area contributed by atoms with Crippen molar-refractivity contribution in [1.29, 1.82) is 0 Å². The fourth-order valence-corrected chi connectivity index (χ4v) is 2.48. The van der Waals surface area contributed by atoms with Gasteiger partial charge in [0.25, 0.3) is 0 Å². The zero-order chi connectivity index (χ0) is 11.4. The predicted molar refractivity (Wildman–Crippen MR) is 64.9 cm³/mol. The summed E-state index contributed by atoms with van der Waals surface area (Å²) in [5, 5.41) is 0. The molecule has 0 amide bonds. The minimum absolute atomic E-state index is 0.0173. The van der Waals surface area contributed by atoms with Crippen molar-refractivity contribution in [2.75, 3.05) is 0 Å². The van der Waals surface area contributed by atoms with Crippen LogP contribution in [-0.2, 0) is 0 Å². The molecular weight excluding hydrogens is 198 g/mol. The maximum absolute atomic E-state index is 6.15. The van der Waals surface area contributed by atoms with Crippen molar-refractivity contribution in [3.8, 4) is 0 Å². The molecule has 1 atom stereocenters. The van der Waals surface area contributed by atoms with Crippen LogP contribution in [-0.4, -0.2) is 9.97 Å². The average Bonchev–Trinajstić information content (AvgIpc) is 2.31. The van der Waals surface area contributed by atoms with Crippen molar-refractivity contribution in [1.82, 2.24) is 9.97 Å². The maximum atomic E-state index is 6.15. The number of nitrogens with zero attached hydrogens (tertiary/aromatic N) is 2. The van der Waals surface area contributed by atoms with Gasteiger partial charge >= 0.3 is 0 Å². The Morgan fingerprint density at radius 3 is 2.50 bits per heavy atom. The van der Waals surface area contributed by atoms with Crippen molar-refractivity contribution in [3.05, 3.63) is 23.8 Å². The fourth-order valence-electron chi connectivity index (χ4n) is 2.48. The van der Waals surface area contributed by atoms with Crippen LogP contribution in [0.1, 0.15) is 56.0 Å². The summed E-state index contributed by atoms with van der Waals surface area (Å²) < 4.78 is 0. The van der Waals surface area contributed by atoms with Gasteiger partial charge in [0, 0.05) is 12.4 Å². The van der Waals surface area contributed by atoms with E-state index < -0.39 is 0 Å². The van der Waals surface area contributed by atoms with Crippen LogP contribution < -0.4 is 5.73 Å². The van der Waals surface area contributed by atoms with E-state index >= 15 is 0 Å². The van der Waals surface area contributed by atoms with Crippen molar-refractivity contribution < 1.29 is 0 Å². The van der Waals surface area contributed by atoms with Crippen molar-refractivity contribution in [3.63, 3.8) is 0 Å². The Bertz CT molecular complexity index is 314. The van der Waals surface area contributed by atoms with Crippen LogP contribution in [0.15, 0.2) is 12.4 Å². The number of aromatic nitrogens is 2. The summed E-state index contributed by atoms with van der Waals surface area (Å²) in [5.41, 5.74) is 7.24. The minimum Gasteiger partial charge on any atom is -0.321 e. The maximum Gasteiger partial charge on any atom is 0.144 e. The second kappa shape index (κ2) is 5.39. The van der Waals surface area contributed by atoms with Crippen LogP contribution >= 0.6 is 0 Å². The molecule has 1 saturated carbocycles. The lowest BCUT2D eigenvalue weighted by atomic mass is 9.85. The Hall–Kier alpha value is -0.960. The van der Waals surface area contributed by atoms with E-state index in [-0.39, 0.29) is 6.04 Å². The second-order valence-electron chi connectivity index (χ2n) is 4.96. The SMILES string of the molecule is Cc1cnc(C(N)CC2CCCCC2)nc1. The molecule has 3 heteroatoms. The molecule has 88 valence electrons. The molecule has 16 heavy (non-hydrogen) atoms. The van der Waals surface area contributed by atoms with Gasteiger partial charge in [-0.3, -0.25) is 0 Å². The molecular formula is C13H21N3. The third-order valence-corrected chi connectivity index (χ3v) is 3.44. The standard InChI is InChI=1S/C13H21N3/c1-10-8-15-13(16-9-10)12(14)7-11-5-3-2-4-6-11/h8-9,11-12H,2-7,14H2,1H3. The molecule has 1 heterocycles. The first-order valence-electron chi connectivity index (χ1n) is 6.30. The first-order valence-corrected chi connectivity index (χ1v) is 6.30. The number of hydrogen-bond donors (Lipinski definition) is 1. The van der Waals surface area contributed by atoms with Gasteiger partial charge in [-0.25, -0.2) is 9.97 Å². The van der Waals surface area contributed by atoms with Gasteiger partial charge in [-0.2, -0.15) is 0 Å². The molecule has 1 fully saturated rings. The van der Waals surface area contributed by atoms with Gasteiger partial charge in [-0.05, 0) is 24.8 Å². The molecule has 0 spiro atoms. The van der Waals surface area contributed by atoms with Crippen LogP contribution in [0.3, 0.4) is 0 Å². The molecule has 1 aromatic heterocycles. The number of nitrogens with two attached hydrogens (primary N) is 1. The Labute approximate surface area is 97.5 Å². The summed E-state index contributed by atoms with van der Waals surface area (Å²) in [4.78, 5) is 8.62. The minimum atomic E-state index is 0.0173. The van der Waals surface area contributed by atoms with Gasteiger partial charge in [0.2, 0.25) is 0 Å². The smallest absolute Gasteiger partial charge is 0.144 e. The van der Waals surface area contributed by atoms with Crippen LogP contribution in [0.25, 0.3) is 0 Å². The Balaban J connectivity index is 1.91. The molecule has 0 saturated heterocycles. The van der Waals surface area contributed by atoms with Gasteiger partial charge in [0.15, 0.2) is 0 Å². The van der Waals surface area contributed by atoms with Crippen LogP contribution in [0.2, 0.25) is 0 Å². The van der Waals surface area contributed by atoms with E-state index in [0.717, 1.165) is 23.7 Å². The van der Waals surface area contributed by atoms with E-state index in [2.05, 4.69) is 9.97 Å². The van der Waals surface area contributed by atoms with Gasteiger partial charge < -0.3 is 5.73 Å². The Kier molecular flexibility index (Phi) is 3.88. The normalized spacial score (nSPS) is 19.6. The molecule has 0 bridgehead atoms. The topological polar surface area (TPSA) is 51.8 Å². The Morgan fingerprint density at radius 2 is 1.88 bits per heavy atom. The number of aryl methyl sites for hydroxylation is 1. The molecule has 3 nitrogen and oxygen atoms in total. The monoisotopic (exact) mass is 219 g/mol. The molecule has 1 aliphatic carbocycles. The molecule has 0 aliphatic heterocycles. The van der Waals surface area contributed by atoms with Crippen molar-refractivity contribution >= 4 is 0 Å². The lowest BCUT2D eigenvalue weighted by Gasteiger charge is -2.23. The highest BCUT2D eigenvalue weighted by atomic mass is 14.9. The van der Waals surface area contributed by atoms with E-state index in [9.17, 15) is 0 Å². The third kappa shape index (κ3) is 3.01. The van der Waals surface area contributed by atoms with Gasteiger partial charge in [0.1, 0.15) is 5.82 Å². The summed E-state index contributed by atoms with van der Waals surface area (Å²) in [6, 6.07) is 0.0173. The van der Waals surface area contributed by atoms with Gasteiger partial charge in [-0.1, -0.05) is 32.1 Å². The highest BCUT2D eigenvalue weighted by molar-refractivity contribution is 5.04. The van der Waals surface area contributed by atoms with E-state index in [1.54, 1.807) is 0 Å². The summed E-state index contributed by atoms with van der Waals surface area (Å²) in [5.74, 6) is 1.59. The molecule has 1 aliphatic rings. The summed E-state index contributed by atoms with van der Waals surface area (Å²) in [7, 11) is 0. The molecule has 1 aromatic rings. The first kappa shape index (κ1) is 11.5. The van der Waals surface area contributed by atoms with E-state index in [0.29, 0.717) is 0 Å². The highest BCUT2D eigenvalue weighted by Crippen LogP contribution is 2.29. The van der Waals surface area contributed by atoms with Gasteiger partial charge in [-0.15, -0.1) is 0 Å². The molecule has 2 rings (SSSR count). The lowest BCUT2D eigenvalue weighted by Crippen LogP contribution is -2.19. The third-order valence-electron chi connectivity index (χ3n) is 3.44. The van der Waals surface area contributed by atoms with Crippen LogP contribution in [0, 0.1) is 12.8 Å². The summed E-state index contributed by atoms with van der Waals surface area (Å²) >= 11 is 0. The van der Waals surface area contributed by atoms with E-state index in [4.69, 9.17) is 5.73 Å². The second-order valence-corrected chi connectivity index (χ2v) is 4.96. The predicted octanol–water partition coefficient (Wildman–Crippen LogP) is 2.76. The van der Waals surface area contributed by atoms with Crippen LogP contribution in [0.4, 0.5) is 0 Å². The van der Waals surface area contributed by atoms with Crippen LogP contribution in [0.5, 0.6) is 0 Å². The molecule has 0 radical (unpaired) electrons. The van der Waals surface area contributed by atoms with Crippen molar-refractivity contribution in [2.24, 2.45) is 11.7 Å². The van der Waals surface area contributed by atoms with E-state index in [1.807, 2.05) is 19.3 Å². The van der Waals surface area contributed by atoms with E-state index in [1.165, 1.54) is 32.1 Å².